The predicted molar refractivity (Wildman–Crippen MR) is 69.2 cm³/mol. The van der Waals surface area contributed by atoms with Gasteiger partial charge in [-0.25, -0.2) is 4.79 Å². The van der Waals surface area contributed by atoms with Gasteiger partial charge in [0.05, 0.1) is 0 Å². The summed E-state index contributed by atoms with van der Waals surface area (Å²) < 4.78 is 37.2. The average Bonchev–Trinajstić information content (AvgIpc) is 2.36. The number of urea groups is 1. The van der Waals surface area contributed by atoms with Crippen molar-refractivity contribution in [2.45, 2.75) is 45.4 Å². The summed E-state index contributed by atoms with van der Waals surface area (Å²) in [6.45, 7) is 5.19. The van der Waals surface area contributed by atoms with Crippen LogP contribution in [0, 0.1) is 11.8 Å². The Morgan fingerprint density at radius 2 is 1.90 bits per heavy atom. The van der Waals surface area contributed by atoms with Crippen LogP contribution in [0.1, 0.15) is 33.1 Å². The number of alkyl halides is 3. The van der Waals surface area contributed by atoms with Crippen molar-refractivity contribution >= 4 is 6.03 Å². The van der Waals surface area contributed by atoms with Gasteiger partial charge in [-0.3, -0.25) is 0 Å². The number of hydrogen-bond acceptors (Lipinski definition) is 2. The number of amides is 2. The first kappa shape index (κ1) is 17.1. The average molecular weight is 296 g/mol. The normalized spacial score (nSPS) is 19.2. The van der Waals surface area contributed by atoms with Gasteiger partial charge in [0.2, 0.25) is 0 Å². The summed E-state index contributed by atoms with van der Waals surface area (Å²) in [4.78, 5) is 13.3. The number of likely N-dealkylation sites (tertiary alicyclic amines) is 1. The number of halogens is 3. The lowest BCUT2D eigenvalue weighted by Gasteiger charge is -2.34. The second-order valence-corrected chi connectivity index (χ2v) is 5.73. The van der Waals surface area contributed by atoms with Gasteiger partial charge >= 0.3 is 12.2 Å². The summed E-state index contributed by atoms with van der Waals surface area (Å²) in [5.41, 5.74) is 0. The second kappa shape index (κ2) is 7.15. The highest BCUT2D eigenvalue weighted by Gasteiger charge is 2.44. The third kappa shape index (κ3) is 5.19. The number of aliphatic hydroxyl groups is 1. The molecule has 0 radical (unpaired) electrons. The van der Waals surface area contributed by atoms with Gasteiger partial charge in [-0.15, -0.1) is 0 Å². The lowest BCUT2D eigenvalue weighted by atomic mass is 9.91. The first-order valence-electron chi connectivity index (χ1n) is 6.99. The van der Waals surface area contributed by atoms with Gasteiger partial charge in [0, 0.05) is 19.6 Å². The molecule has 1 heterocycles. The highest BCUT2D eigenvalue weighted by atomic mass is 19.4. The standard InChI is InChI=1S/C13H23F3N2O2/c1-9(2)3-6-17-12(20)18-7-4-10(5-8-18)11(19)13(14,15)16/h9-11,19H,3-8H2,1-2H3,(H,17,20). The number of aliphatic hydroxyl groups excluding tert-OH is 1. The van der Waals surface area contributed by atoms with Gasteiger partial charge < -0.3 is 15.3 Å². The maximum atomic E-state index is 12.4. The van der Waals surface area contributed by atoms with Crippen LogP contribution in [0.25, 0.3) is 0 Å². The van der Waals surface area contributed by atoms with E-state index in [0.29, 0.717) is 12.5 Å². The summed E-state index contributed by atoms with van der Waals surface area (Å²) >= 11 is 0. The molecule has 0 spiro atoms. The molecule has 1 unspecified atom stereocenters. The van der Waals surface area contributed by atoms with Crippen molar-refractivity contribution < 1.29 is 23.1 Å². The Bertz CT molecular complexity index is 313. The number of rotatable bonds is 4. The van der Waals surface area contributed by atoms with E-state index in [9.17, 15) is 23.1 Å². The molecule has 7 heteroatoms. The van der Waals surface area contributed by atoms with E-state index in [2.05, 4.69) is 19.2 Å². The van der Waals surface area contributed by atoms with Gasteiger partial charge in [-0.05, 0) is 31.1 Å². The fourth-order valence-electron chi connectivity index (χ4n) is 2.27. The molecule has 1 rings (SSSR count). The SMILES string of the molecule is CC(C)CCNC(=O)N1CCC(C(O)C(F)(F)F)CC1. The smallest absolute Gasteiger partial charge is 0.383 e. The van der Waals surface area contributed by atoms with Crippen LogP contribution < -0.4 is 5.32 Å². The van der Waals surface area contributed by atoms with E-state index in [1.165, 1.54) is 4.90 Å². The zero-order valence-corrected chi connectivity index (χ0v) is 11.9. The molecule has 1 aliphatic rings. The van der Waals surface area contributed by atoms with E-state index in [4.69, 9.17) is 0 Å². The molecule has 118 valence electrons. The predicted octanol–water partition coefficient (Wildman–Crippen LogP) is 2.38. The minimum absolute atomic E-state index is 0.179. The van der Waals surface area contributed by atoms with Crippen LogP contribution >= 0.6 is 0 Å². The molecule has 2 amide bonds. The van der Waals surface area contributed by atoms with Gasteiger partial charge in [0.15, 0.2) is 6.10 Å². The summed E-state index contributed by atoms with van der Waals surface area (Å²) in [7, 11) is 0. The first-order chi connectivity index (χ1) is 9.21. The van der Waals surface area contributed by atoms with Crippen molar-refractivity contribution in [2.75, 3.05) is 19.6 Å². The van der Waals surface area contributed by atoms with E-state index in [0.717, 1.165) is 6.42 Å². The van der Waals surface area contributed by atoms with Crippen LogP contribution in [-0.2, 0) is 0 Å². The number of nitrogens with one attached hydrogen (secondary N) is 1. The Labute approximate surface area is 117 Å². The van der Waals surface area contributed by atoms with E-state index in [1.807, 2.05) is 0 Å². The molecule has 0 aromatic heterocycles. The fourth-order valence-corrected chi connectivity index (χ4v) is 2.27. The van der Waals surface area contributed by atoms with E-state index >= 15 is 0 Å². The first-order valence-corrected chi connectivity index (χ1v) is 6.99. The quantitative estimate of drug-likeness (QED) is 0.837. The summed E-state index contributed by atoms with van der Waals surface area (Å²) in [6, 6.07) is -0.231. The van der Waals surface area contributed by atoms with Crippen molar-refractivity contribution in [3.8, 4) is 0 Å². The van der Waals surface area contributed by atoms with Gasteiger partial charge in [0.1, 0.15) is 0 Å². The number of carbonyl (C=O) groups is 1. The molecule has 0 aromatic rings. The summed E-state index contributed by atoms with van der Waals surface area (Å²) in [6.07, 6.45) is -5.63. The molecule has 0 aliphatic carbocycles. The molecule has 4 nitrogen and oxygen atoms in total. The molecule has 1 saturated heterocycles. The number of hydrogen-bond donors (Lipinski definition) is 2. The third-order valence-corrected chi connectivity index (χ3v) is 3.61. The minimum Gasteiger partial charge on any atom is -0.383 e. The maximum absolute atomic E-state index is 12.4. The lowest BCUT2D eigenvalue weighted by molar-refractivity contribution is -0.222. The van der Waals surface area contributed by atoms with Gasteiger partial charge in [-0.2, -0.15) is 13.2 Å². The minimum atomic E-state index is -4.58. The Hall–Kier alpha value is -0.980. The zero-order valence-electron chi connectivity index (χ0n) is 11.9. The lowest BCUT2D eigenvalue weighted by Crippen LogP contribution is -2.48. The van der Waals surface area contributed by atoms with Crippen molar-refractivity contribution in [3.05, 3.63) is 0 Å². The molecular weight excluding hydrogens is 273 g/mol. The molecule has 0 bridgehead atoms. The van der Waals surface area contributed by atoms with Crippen LogP contribution in [0.5, 0.6) is 0 Å². The molecule has 20 heavy (non-hydrogen) atoms. The molecule has 1 fully saturated rings. The fraction of sp³-hybridized carbons (Fsp3) is 0.923. The zero-order chi connectivity index (χ0) is 15.3. The Balaban J connectivity index is 2.33. The second-order valence-electron chi connectivity index (χ2n) is 5.73. The monoisotopic (exact) mass is 296 g/mol. The summed E-state index contributed by atoms with van der Waals surface area (Å²) in [5, 5.41) is 12.0. The molecule has 0 saturated carbocycles. The van der Waals surface area contributed by atoms with E-state index in [1.54, 1.807) is 0 Å². The van der Waals surface area contributed by atoms with Crippen molar-refractivity contribution in [3.63, 3.8) is 0 Å². The van der Waals surface area contributed by atoms with E-state index < -0.39 is 18.2 Å². The third-order valence-electron chi connectivity index (χ3n) is 3.61. The molecular formula is C13H23F3N2O2. The van der Waals surface area contributed by atoms with Gasteiger partial charge in [-0.1, -0.05) is 13.8 Å². The highest BCUT2D eigenvalue weighted by molar-refractivity contribution is 5.74. The highest BCUT2D eigenvalue weighted by Crippen LogP contribution is 2.31. The number of carbonyl (C=O) groups excluding carboxylic acids is 1. The largest absolute Gasteiger partial charge is 0.414 e. The Morgan fingerprint density at radius 3 is 2.35 bits per heavy atom. The van der Waals surface area contributed by atoms with Crippen molar-refractivity contribution in [1.82, 2.24) is 10.2 Å². The van der Waals surface area contributed by atoms with Crippen LogP contribution in [-0.4, -0.2) is 48.0 Å². The van der Waals surface area contributed by atoms with Crippen LogP contribution in [0.15, 0.2) is 0 Å². The molecule has 0 aromatic carbocycles. The number of nitrogens with zero attached hydrogens (tertiary/aromatic N) is 1. The molecule has 1 atom stereocenters. The Morgan fingerprint density at radius 1 is 1.35 bits per heavy atom. The van der Waals surface area contributed by atoms with Crippen LogP contribution in [0.3, 0.4) is 0 Å². The van der Waals surface area contributed by atoms with Crippen LogP contribution in [0.2, 0.25) is 0 Å². The maximum Gasteiger partial charge on any atom is 0.414 e. The van der Waals surface area contributed by atoms with E-state index in [-0.39, 0.29) is 32.0 Å². The topological polar surface area (TPSA) is 52.6 Å². The summed E-state index contributed by atoms with van der Waals surface area (Å²) in [5.74, 6) is -0.322. The number of piperidine rings is 1. The van der Waals surface area contributed by atoms with Crippen molar-refractivity contribution in [2.24, 2.45) is 11.8 Å². The van der Waals surface area contributed by atoms with Crippen LogP contribution in [0.4, 0.5) is 18.0 Å². The Kier molecular flexibility index (Phi) is 6.10. The molecule has 1 aliphatic heterocycles. The van der Waals surface area contributed by atoms with Crippen molar-refractivity contribution in [1.29, 1.82) is 0 Å². The van der Waals surface area contributed by atoms with Gasteiger partial charge in [0.25, 0.3) is 0 Å². The molecule has 2 N–H and O–H groups in total.